The molecule has 1 amide bonds. The van der Waals surface area contributed by atoms with Crippen molar-refractivity contribution in [2.24, 2.45) is 0 Å². The van der Waals surface area contributed by atoms with Gasteiger partial charge in [-0.3, -0.25) is 4.79 Å². The number of nitrogens with zero attached hydrogens (tertiary/aromatic N) is 6. The summed E-state index contributed by atoms with van der Waals surface area (Å²) in [6.45, 7) is 1.34. The Bertz CT molecular complexity index is 1010. The Morgan fingerprint density at radius 3 is 2.52 bits per heavy atom. The monoisotopic (exact) mass is 462 g/mol. The van der Waals surface area contributed by atoms with Gasteiger partial charge in [-0.1, -0.05) is 54.9 Å². The maximum absolute atomic E-state index is 12.6. The second-order valence-electron chi connectivity index (χ2n) is 7.67. The van der Waals surface area contributed by atoms with Crippen molar-refractivity contribution in [1.82, 2.24) is 29.4 Å². The van der Waals surface area contributed by atoms with Crippen LogP contribution in [0, 0.1) is 0 Å². The first-order valence-electron chi connectivity index (χ1n) is 10.4. The average Bonchev–Trinajstić information content (AvgIpc) is 3.48. The summed E-state index contributed by atoms with van der Waals surface area (Å²) in [5.41, 5.74) is 0.830. The van der Waals surface area contributed by atoms with Crippen LogP contribution in [0.5, 0.6) is 0 Å². The van der Waals surface area contributed by atoms with Crippen LogP contribution in [0.4, 0.5) is 0 Å². The molecular weight excluding hydrogens is 436 g/mol. The summed E-state index contributed by atoms with van der Waals surface area (Å²) in [6, 6.07) is 9.63. The molecule has 1 aliphatic heterocycles. The molecule has 1 aromatic carbocycles. The van der Waals surface area contributed by atoms with Gasteiger partial charge in [0.25, 0.3) is 0 Å². The van der Waals surface area contributed by atoms with Crippen LogP contribution in [0.3, 0.4) is 0 Å². The Morgan fingerprint density at radius 2 is 1.81 bits per heavy atom. The molecule has 0 unspecified atom stereocenters. The van der Waals surface area contributed by atoms with Gasteiger partial charge < -0.3 is 4.90 Å². The molecule has 2 aromatic rings. The molecule has 0 atom stereocenters. The van der Waals surface area contributed by atoms with Gasteiger partial charge in [0.2, 0.25) is 21.1 Å². The Hall–Kier alpha value is -2.24. The first-order chi connectivity index (χ1) is 15.0. The Labute approximate surface area is 186 Å². The zero-order valence-corrected chi connectivity index (χ0v) is 18.8. The van der Waals surface area contributed by atoms with Crippen molar-refractivity contribution in [1.29, 1.82) is 0 Å². The fourth-order valence-corrected chi connectivity index (χ4v) is 5.90. The van der Waals surface area contributed by atoms with Crippen molar-refractivity contribution in [3.05, 3.63) is 41.3 Å². The fraction of sp³-hybridized carbons (Fsp3) is 0.500. The minimum absolute atomic E-state index is 0.0251. The molecular formula is C20H26N6O3S2. The van der Waals surface area contributed by atoms with Crippen LogP contribution in [0.1, 0.15) is 37.3 Å². The van der Waals surface area contributed by atoms with E-state index in [1.807, 2.05) is 35.0 Å². The Kier molecular flexibility index (Phi) is 7.03. The second-order valence-corrected chi connectivity index (χ2v) is 10.4. The molecule has 2 fully saturated rings. The van der Waals surface area contributed by atoms with E-state index in [0.717, 1.165) is 18.4 Å². The molecule has 166 valence electrons. The lowest BCUT2D eigenvalue weighted by Gasteiger charge is -2.33. The summed E-state index contributed by atoms with van der Waals surface area (Å²) < 4.78 is 28.4. The van der Waals surface area contributed by atoms with Crippen molar-refractivity contribution in [2.75, 3.05) is 31.9 Å². The zero-order valence-electron chi connectivity index (χ0n) is 17.2. The molecule has 9 nitrogen and oxygen atoms in total. The number of hydrogen-bond donors (Lipinski definition) is 0. The lowest BCUT2D eigenvalue weighted by molar-refractivity contribution is -0.129. The third-order valence-electron chi connectivity index (χ3n) is 5.64. The highest BCUT2D eigenvalue weighted by atomic mass is 32.2. The third kappa shape index (κ3) is 5.52. The van der Waals surface area contributed by atoms with Crippen LogP contribution >= 0.6 is 11.8 Å². The molecule has 2 aliphatic rings. The average molecular weight is 463 g/mol. The number of rotatable bonds is 7. The predicted octanol–water partition coefficient (Wildman–Crippen LogP) is 2.03. The topological polar surface area (TPSA) is 101 Å². The van der Waals surface area contributed by atoms with Gasteiger partial charge in [-0.15, -0.1) is 5.10 Å². The number of benzene rings is 1. The number of sulfonamides is 1. The van der Waals surface area contributed by atoms with E-state index in [1.54, 1.807) is 11.0 Å². The van der Waals surface area contributed by atoms with E-state index in [9.17, 15) is 13.2 Å². The van der Waals surface area contributed by atoms with E-state index in [1.165, 1.54) is 34.3 Å². The number of tetrazole rings is 1. The second kappa shape index (κ2) is 9.92. The van der Waals surface area contributed by atoms with Gasteiger partial charge in [0.05, 0.1) is 11.8 Å². The minimum atomic E-state index is -3.51. The van der Waals surface area contributed by atoms with Crippen molar-refractivity contribution in [3.63, 3.8) is 0 Å². The van der Waals surface area contributed by atoms with Crippen LogP contribution in [-0.2, 0) is 14.8 Å². The van der Waals surface area contributed by atoms with E-state index in [4.69, 9.17) is 0 Å². The molecule has 1 aliphatic carbocycles. The highest BCUT2D eigenvalue weighted by Gasteiger charge is 2.28. The number of hydrogen-bond acceptors (Lipinski definition) is 7. The standard InChI is InChI=1S/C20H26N6O3S2/c27-19(16-30-20-21-22-23-26(20)18-8-4-5-9-18)24-11-13-25(14-12-24)31(28,29)15-10-17-6-2-1-3-7-17/h1-3,6-7,10,15,18H,4-5,8-9,11-14,16H2/b15-10+. The smallest absolute Gasteiger partial charge is 0.236 e. The number of thioether (sulfide) groups is 1. The van der Waals surface area contributed by atoms with Gasteiger partial charge >= 0.3 is 0 Å². The van der Waals surface area contributed by atoms with Gasteiger partial charge in [-0.25, -0.2) is 13.1 Å². The summed E-state index contributed by atoms with van der Waals surface area (Å²) in [4.78, 5) is 14.4. The normalized spacial score (nSPS) is 18.8. The van der Waals surface area contributed by atoms with Crippen LogP contribution in [-0.4, -0.2) is 75.7 Å². The predicted molar refractivity (Wildman–Crippen MR) is 119 cm³/mol. The lowest BCUT2D eigenvalue weighted by atomic mass is 10.2. The van der Waals surface area contributed by atoms with E-state index < -0.39 is 10.0 Å². The summed E-state index contributed by atoms with van der Waals surface area (Å²) in [7, 11) is -3.51. The van der Waals surface area contributed by atoms with Gasteiger partial charge in [-0.2, -0.15) is 4.31 Å². The quantitative estimate of drug-likeness (QED) is 0.580. The molecule has 2 heterocycles. The largest absolute Gasteiger partial charge is 0.339 e. The summed E-state index contributed by atoms with van der Waals surface area (Å²) in [5.74, 6) is 0.219. The van der Waals surface area contributed by atoms with Gasteiger partial charge in [0, 0.05) is 31.6 Å². The molecule has 11 heteroatoms. The van der Waals surface area contributed by atoms with Crippen LogP contribution in [0.2, 0.25) is 0 Å². The number of aromatic nitrogens is 4. The number of carbonyl (C=O) groups is 1. The van der Waals surface area contributed by atoms with Crippen molar-refractivity contribution >= 4 is 33.8 Å². The van der Waals surface area contributed by atoms with Crippen molar-refractivity contribution in [2.45, 2.75) is 36.9 Å². The van der Waals surface area contributed by atoms with E-state index >= 15 is 0 Å². The summed E-state index contributed by atoms with van der Waals surface area (Å²) >= 11 is 1.35. The van der Waals surface area contributed by atoms with Gasteiger partial charge in [-0.05, 0) is 34.9 Å². The Balaban J connectivity index is 1.27. The third-order valence-corrected chi connectivity index (χ3v) is 8.12. The maximum atomic E-state index is 12.6. The lowest BCUT2D eigenvalue weighted by Crippen LogP contribution is -2.50. The van der Waals surface area contributed by atoms with Crippen molar-refractivity contribution < 1.29 is 13.2 Å². The molecule has 1 saturated heterocycles. The number of piperazine rings is 1. The molecule has 1 aromatic heterocycles. The van der Waals surface area contributed by atoms with Crippen LogP contribution < -0.4 is 0 Å². The van der Waals surface area contributed by atoms with E-state index in [-0.39, 0.29) is 24.7 Å². The Morgan fingerprint density at radius 1 is 1.10 bits per heavy atom. The first kappa shape index (κ1) is 22.0. The molecule has 0 N–H and O–H groups in total. The molecule has 31 heavy (non-hydrogen) atoms. The van der Waals surface area contributed by atoms with Gasteiger partial charge in [0.15, 0.2) is 0 Å². The zero-order chi connectivity index (χ0) is 21.7. The molecule has 0 spiro atoms. The van der Waals surface area contributed by atoms with Crippen molar-refractivity contribution in [3.8, 4) is 0 Å². The van der Waals surface area contributed by atoms with Gasteiger partial charge in [0.1, 0.15) is 0 Å². The highest BCUT2D eigenvalue weighted by molar-refractivity contribution is 7.99. The summed E-state index contributed by atoms with van der Waals surface area (Å²) in [5, 5.41) is 13.8. The van der Waals surface area contributed by atoms with E-state index in [2.05, 4.69) is 15.5 Å². The number of amides is 1. The highest BCUT2D eigenvalue weighted by Crippen LogP contribution is 2.31. The van der Waals surface area contributed by atoms with Crippen LogP contribution in [0.15, 0.2) is 40.9 Å². The maximum Gasteiger partial charge on any atom is 0.236 e. The molecule has 1 saturated carbocycles. The molecule has 0 bridgehead atoms. The first-order valence-corrected chi connectivity index (χ1v) is 12.9. The SMILES string of the molecule is O=C(CSc1nnnn1C1CCCC1)N1CCN(S(=O)(=O)/C=C/c2ccccc2)CC1. The summed E-state index contributed by atoms with van der Waals surface area (Å²) in [6.07, 6.45) is 6.10. The van der Waals surface area contributed by atoms with Crippen LogP contribution in [0.25, 0.3) is 6.08 Å². The van der Waals surface area contributed by atoms with E-state index in [0.29, 0.717) is 24.3 Å². The minimum Gasteiger partial charge on any atom is -0.339 e. The molecule has 4 rings (SSSR count). The molecule has 0 radical (unpaired) electrons. The number of carbonyl (C=O) groups excluding carboxylic acids is 1. The fourth-order valence-electron chi connectivity index (χ4n) is 3.88.